The van der Waals surface area contributed by atoms with Crippen molar-refractivity contribution < 1.29 is 27.1 Å². The maximum Gasteiger partial charge on any atom is 0.573 e. The Morgan fingerprint density at radius 3 is 2.22 bits per heavy atom. The van der Waals surface area contributed by atoms with E-state index in [-0.39, 0.29) is 5.75 Å². The molecule has 0 aliphatic heterocycles. The third-order valence-corrected chi connectivity index (χ3v) is 4.54. The Morgan fingerprint density at radius 2 is 1.56 bits per heavy atom. The van der Waals surface area contributed by atoms with Crippen molar-refractivity contribution >= 4 is 11.6 Å². The topological polar surface area (TPSA) is 77.2 Å². The highest BCUT2D eigenvalue weighted by Crippen LogP contribution is 2.27. The quantitative estimate of drug-likeness (QED) is 0.421. The molecule has 0 radical (unpaired) electrons. The number of aryl methyl sites for hydroxylation is 1. The van der Waals surface area contributed by atoms with Crippen LogP contribution in [0.1, 0.15) is 15.9 Å². The van der Waals surface area contributed by atoms with Gasteiger partial charge in [-0.25, -0.2) is 0 Å². The summed E-state index contributed by atoms with van der Waals surface area (Å²) in [5.41, 5.74) is 3.17. The Hall–Kier alpha value is -4.14. The SMILES string of the molecule is Cc1ccccc1-c1nnc(-c2ccc(C(=O)Nc3ccc(OC(F)(F)F)cc3)cc2)o1. The highest BCUT2D eigenvalue weighted by Gasteiger charge is 2.31. The highest BCUT2D eigenvalue weighted by molar-refractivity contribution is 6.04. The zero-order valence-electron chi connectivity index (χ0n) is 16.7. The van der Waals surface area contributed by atoms with Gasteiger partial charge in [0.2, 0.25) is 11.8 Å². The van der Waals surface area contributed by atoms with Gasteiger partial charge in [0.1, 0.15) is 5.75 Å². The zero-order chi connectivity index (χ0) is 22.7. The first-order chi connectivity index (χ1) is 15.3. The van der Waals surface area contributed by atoms with Crippen molar-refractivity contribution in [2.75, 3.05) is 5.32 Å². The molecule has 1 amide bonds. The van der Waals surface area contributed by atoms with Crippen molar-refractivity contribution in [3.05, 3.63) is 83.9 Å². The summed E-state index contributed by atoms with van der Waals surface area (Å²) in [6, 6.07) is 19.0. The Kier molecular flexibility index (Phi) is 5.63. The molecule has 162 valence electrons. The van der Waals surface area contributed by atoms with Crippen LogP contribution in [0.5, 0.6) is 5.75 Å². The summed E-state index contributed by atoms with van der Waals surface area (Å²) in [6.07, 6.45) is -4.77. The molecular formula is C23H16F3N3O3. The average Bonchev–Trinajstić information content (AvgIpc) is 3.24. The van der Waals surface area contributed by atoms with Gasteiger partial charge in [0, 0.05) is 22.4 Å². The minimum absolute atomic E-state index is 0.315. The molecule has 0 atom stereocenters. The number of hydrogen-bond acceptors (Lipinski definition) is 5. The zero-order valence-corrected chi connectivity index (χ0v) is 16.7. The average molecular weight is 439 g/mol. The number of ether oxygens (including phenoxy) is 1. The van der Waals surface area contributed by atoms with E-state index in [2.05, 4.69) is 20.3 Å². The number of amides is 1. The second kappa shape index (κ2) is 8.54. The largest absolute Gasteiger partial charge is 0.573 e. The second-order valence-corrected chi connectivity index (χ2v) is 6.83. The molecule has 0 fully saturated rings. The number of nitrogens with zero attached hydrogens (tertiary/aromatic N) is 2. The van der Waals surface area contributed by atoms with E-state index in [0.29, 0.717) is 28.6 Å². The lowest BCUT2D eigenvalue weighted by Crippen LogP contribution is -2.17. The van der Waals surface area contributed by atoms with E-state index in [4.69, 9.17) is 4.42 Å². The molecule has 4 rings (SSSR count). The summed E-state index contributed by atoms with van der Waals surface area (Å²) in [5, 5.41) is 10.8. The smallest absolute Gasteiger partial charge is 0.416 e. The number of benzene rings is 3. The van der Waals surface area contributed by atoms with Crippen molar-refractivity contribution in [3.63, 3.8) is 0 Å². The van der Waals surface area contributed by atoms with E-state index in [9.17, 15) is 18.0 Å². The molecule has 3 aromatic carbocycles. The minimum atomic E-state index is -4.77. The molecule has 4 aromatic rings. The molecule has 0 aliphatic rings. The third kappa shape index (κ3) is 4.94. The number of aromatic nitrogens is 2. The first-order valence-corrected chi connectivity index (χ1v) is 9.45. The van der Waals surface area contributed by atoms with Crippen LogP contribution >= 0.6 is 0 Å². The van der Waals surface area contributed by atoms with Crippen LogP contribution in [-0.4, -0.2) is 22.5 Å². The van der Waals surface area contributed by atoms with Gasteiger partial charge in [-0.05, 0) is 67.1 Å². The van der Waals surface area contributed by atoms with Gasteiger partial charge in [0.05, 0.1) is 0 Å². The Labute approximate surface area is 180 Å². The van der Waals surface area contributed by atoms with Crippen LogP contribution < -0.4 is 10.1 Å². The lowest BCUT2D eigenvalue weighted by atomic mass is 10.1. The first-order valence-electron chi connectivity index (χ1n) is 9.45. The minimum Gasteiger partial charge on any atom is -0.416 e. The molecule has 1 aromatic heterocycles. The molecule has 0 saturated carbocycles. The van der Waals surface area contributed by atoms with E-state index in [0.717, 1.165) is 23.3 Å². The number of carbonyl (C=O) groups is 1. The summed E-state index contributed by atoms with van der Waals surface area (Å²) in [5.74, 6) is -0.0787. The van der Waals surface area contributed by atoms with Gasteiger partial charge in [-0.15, -0.1) is 23.4 Å². The number of alkyl halides is 3. The predicted molar refractivity (Wildman–Crippen MR) is 111 cm³/mol. The summed E-state index contributed by atoms with van der Waals surface area (Å²) in [4.78, 5) is 12.4. The predicted octanol–water partition coefficient (Wildman–Crippen LogP) is 5.86. The lowest BCUT2D eigenvalue weighted by Gasteiger charge is -2.10. The van der Waals surface area contributed by atoms with Crippen molar-refractivity contribution in [3.8, 4) is 28.7 Å². The number of carbonyl (C=O) groups excluding carboxylic acids is 1. The summed E-state index contributed by atoms with van der Waals surface area (Å²) >= 11 is 0. The fourth-order valence-corrected chi connectivity index (χ4v) is 2.97. The van der Waals surface area contributed by atoms with Gasteiger partial charge in [-0.1, -0.05) is 18.2 Å². The van der Waals surface area contributed by atoms with E-state index in [1.54, 1.807) is 24.3 Å². The standard InChI is InChI=1S/C23H16F3N3O3/c1-14-4-2-3-5-19(14)22-29-28-21(31-22)16-8-6-15(7-9-16)20(30)27-17-10-12-18(13-11-17)32-23(24,25)26/h2-13H,1H3,(H,27,30). The molecular weight excluding hydrogens is 423 g/mol. The van der Waals surface area contributed by atoms with Gasteiger partial charge >= 0.3 is 6.36 Å². The van der Waals surface area contributed by atoms with Gasteiger partial charge in [0.15, 0.2) is 0 Å². The first kappa shape index (κ1) is 21.1. The van der Waals surface area contributed by atoms with Crippen molar-refractivity contribution in [1.82, 2.24) is 10.2 Å². The second-order valence-electron chi connectivity index (χ2n) is 6.83. The molecule has 0 aliphatic carbocycles. The molecule has 1 heterocycles. The van der Waals surface area contributed by atoms with E-state index < -0.39 is 12.3 Å². The van der Waals surface area contributed by atoms with E-state index in [1.165, 1.54) is 12.1 Å². The summed E-state index contributed by atoms with van der Waals surface area (Å²) in [7, 11) is 0. The summed E-state index contributed by atoms with van der Waals surface area (Å²) in [6.45, 7) is 1.95. The van der Waals surface area contributed by atoms with Gasteiger partial charge < -0.3 is 14.5 Å². The lowest BCUT2D eigenvalue weighted by molar-refractivity contribution is -0.274. The number of hydrogen-bond donors (Lipinski definition) is 1. The molecule has 6 nitrogen and oxygen atoms in total. The molecule has 0 spiro atoms. The van der Waals surface area contributed by atoms with Crippen LogP contribution in [0.15, 0.2) is 77.2 Å². The molecule has 0 saturated heterocycles. The molecule has 32 heavy (non-hydrogen) atoms. The van der Waals surface area contributed by atoms with Gasteiger partial charge in [0.25, 0.3) is 5.91 Å². The Bertz CT molecular complexity index is 1230. The fourth-order valence-electron chi connectivity index (χ4n) is 2.97. The van der Waals surface area contributed by atoms with E-state index in [1.807, 2.05) is 31.2 Å². The van der Waals surface area contributed by atoms with Gasteiger partial charge in [-0.2, -0.15) is 0 Å². The molecule has 9 heteroatoms. The monoisotopic (exact) mass is 439 g/mol. The number of anilines is 1. The van der Waals surface area contributed by atoms with Crippen molar-refractivity contribution in [1.29, 1.82) is 0 Å². The van der Waals surface area contributed by atoms with Crippen LogP contribution in [0.4, 0.5) is 18.9 Å². The number of nitrogens with one attached hydrogen (secondary N) is 1. The van der Waals surface area contributed by atoms with Crippen LogP contribution in [0.2, 0.25) is 0 Å². The maximum atomic E-state index is 12.4. The van der Waals surface area contributed by atoms with Crippen molar-refractivity contribution in [2.24, 2.45) is 0 Å². The maximum absolute atomic E-state index is 12.4. The van der Waals surface area contributed by atoms with Gasteiger partial charge in [-0.3, -0.25) is 4.79 Å². The normalized spacial score (nSPS) is 11.2. The van der Waals surface area contributed by atoms with E-state index >= 15 is 0 Å². The summed E-state index contributed by atoms with van der Waals surface area (Å²) < 4.78 is 46.2. The van der Waals surface area contributed by atoms with Crippen LogP contribution in [0.25, 0.3) is 22.9 Å². The third-order valence-electron chi connectivity index (χ3n) is 4.54. The molecule has 0 unspecified atom stereocenters. The van der Waals surface area contributed by atoms with Crippen LogP contribution in [0.3, 0.4) is 0 Å². The molecule has 1 N–H and O–H groups in total. The Balaban J connectivity index is 1.44. The number of halogens is 3. The Morgan fingerprint density at radius 1 is 0.906 bits per heavy atom. The van der Waals surface area contributed by atoms with Crippen LogP contribution in [0, 0.1) is 6.92 Å². The van der Waals surface area contributed by atoms with Crippen LogP contribution in [-0.2, 0) is 0 Å². The van der Waals surface area contributed by atoms with Crippen molar-refractivity contribution in [2.45, 2.75) is 13.3 Å². The fraction of sp³-hybridized carbons (Fsp3) is 0.0870. The molecule has 0 bridgehead atoms. The number of rotatable bonds is 5. The highest BCUT2D eigenvalue weighted by atomic mass is 19.4.